The van der Waals surface area contributed by atoms with Crippen LogP contribution in [0.1, 0.15) is 48.9 Å². The second kappa shape index (κ2) is 9.03. The Labute approximate surface area is 184 Å². The number of nitrogens with zero attached hydrogens (tertiary/aromatic N) is 3. The number of hydrogen-bond donors (Lipinski definition) is 3. The van der Waals surface area contributed by atoms with Crippen LogP contribution in [0.4, 0.5) is 0 Å². The van der Waals surface area contributed by atoms with Crippen LogP contribution in [0.3, 0.4) is 0 Å². The molecule has 0 radical (unpaired) electrons. The average molecular weight is 442 g/mol. The molecule has 0 atom stereocenters. The van der Waals surface area contributed by atoms with Crippen molar-refractivity contribution in [2.75, 3.05) is 6.54 Å². The van der Waals surface area contributed by atoms with Gasteiger partial charge in [-0.05, 0) is 43.2 Å². The Bertz CT molecular complexity index is 1120. The first-order valence-electron chi connectivity index (χ1n) is 10.4. The fourth-order valence-electron chi connectivity index (χ4n) is 3.86. The number of pyridine rings is 1. The third-order valence-corrected chi connectivity index (χ3v) is 5.95. The molecule has 9 heteroatoms. The van der Waals surface area contributed by atoms with Crippen LogP contribution in [-0.4, -0.2) is 42.9 Å². The molecule has 1 saturated carbocycles. The van der Waals surface area contributed by atoms with Crippen molar-refractivity contribution in [3.05, 3.63) is 63.8 Å². The molecule has 162 valence electrons. The van der Waals surface area contributed by atoms with Gasteiger partial charge in [0.1, 0.15) is 0 Å². The van der Waals surface area contributed by atoms with Gasteiger partial charge in [-0.2, -0.15) is 4.68 Å². The van der Waals surface area contributed by atoms with E-state index in [1.165, 1.54) is 10.7 Å². The van der Waals surface area contributed by atoms with E-state index >= 15 is 0 Å². The Hall–Kier alpha value is -2.97. The third kappa shape index (κ3) is 4.86. The molecule has 8 nitrogen and oxygen atoms in total. The molecule has 1 fully saturated rings. The highest BCUT2D eigenvalue weighted by molar-refractivity contribution is 6.33. The standard InChI is InChI=1S/C22H24ClN5O3/c23-18-6-5-16(28-21(30)26-19(27-28)15-7-11-24-12-8-15)13-17(18)20(29)25-14-22(31)9-3-1-2-4-10-22/h5-8,11-13,31H,1-4,9-10,14H2,(H,25,29)(H,26,27,30). The van der Waals surface area contributed by atoms with Crippen LogP contribution in [0.5, 0.6) is 0 Å². The number of aromatic amines is 1. The monoisotopic (exact) mass is 441 g/mol. The van der Waals surface area contributed by atoms with Gasteiger partial charge in [-0.25, -0.2) is 4.79 Å². The number of aliphatic hydroxyl groups is 1. The summed E-state index contributed by atoms with van der Waals surface area (Å²) in [4.78, 5) is 31.9. The van der Waals surface area contributed by atoms with Crippen molar-refractivity contribution >= 4 is 17.5 Å². The molecule has 1 amide bonds. The van der Waals surface area contributed by atoms with E-state index in [4.69, 9.17) is 11.6 Å². The SMILES string of the molecule is O=C(NCC1(O)CCCCCC1)c1cc(-n2nc(-c3ccncc3)[nH]c2=O)ccc1Cl. The van der Waals surface area contributed by atoms with Gasteiger partial charge in [-0.1, -0.05) is 37.3 Å². The number of hydrogen-bond acceptors (Lipinski definition) is 5. The third-order valence-electron chi connectivity index (χ3n) is 5.62. The minimum absolute atomic E-state index is 0.168. The fourth-order valence-corrected chi connectivity index (χ4v) is 4.07. The van der Waals surface area contributed by atoms with Crippen LogP contribution in [0, 0.1) is 0 Å². The highest BCUT2D eigenvalue weighted by Crippen LogP contribution is 2.27. The van der Waals surface area contributed by atoms with Gasteiger partial charge in [-0.15, -0.1) is 5.10 Å². The van der Waals surface area contributed by atoms with Crippen LogP contribution < -0.4 is 11.0 Å². The first-order chi connectivity index (χ1) is 15.0. The van der Waals surface area contributed by atoms with E-state index < -0.39 is 17.2 Å². The summed E-state index contributed by atoms with van der Waals surface area (Å²) >= 11 is 6.26. The van der Waals surface area contributed by atoms with Crippen molar-refractivity contribution in [2.24, 2.45) is 0 Å². The van der Waals surface area contributed by atoms with Crippen LogP contribution in [-0.2, 0) is 0 Å². The van der Waals surface area contributed by atoms with E-state index in [-0.39, 0.29) is 17.1 Å². The molecule has 2 aromatic heterocycles. The second-order valence-electron chi connectivity index (χ2n) is 7.91. The van der Waals surface area contributed by atoms with Gasteiger partial charge in [0.15, 0.2) is 5.82 Å². The molecular formula is C22H24ClN5O3. The quantitative estimate of drug-likeness (QED) is 0.526. The van der Waals surface area contributed by atoms with Gasteiger partial charge >= 0.3 is 5.69 Å². The van der Waals surface area contributed by atoms with E-state index in [1.807, 2.05) is 0 Å². The summed E-state index contributed by atoms with van der Waals surface area (Å²) < 4.78 is 1.18. The van der Waals surface area contributed by atoms with Crippen molar-refractivity contribution < 1.29 is 9.90 Å². The first kappa shape index (κ1) is 21.3. The molecular weight excluding hydrogens is 418 g/mol. The lowest BCUT2D eigenvalue weighted by Crippen LogP contribution is -2.42. The number of nitrogens with one attached hydrogen (secondary N) is 2. The number of carbonyl (C=O) groups is 1. The highest BCUT2D eigenvalue weighted by atomic mass is 35.5. The van der Waals surface area contributed by atoms with Gasteiger partial charge in [0.05, 0.1) is 21.9 Å². The Balaban J connectivity index is 1.55. The van der Waals surface area contributed by atoms with Crippen LogP contribution in [0.25, 0.3) is 17.1 Å². The molecule has 1 aromatic carbocycles. The summed E-state index contributed by atoms with van der Waals surface area (Å²) in [6.45, 7) is 0.168. The summed E-state index contributed by atoms with van der Waals surface area (Å²) in [5, 5.41) is 18.2. The summed E-state index contributed by atoms with van der Waals surface area (Å²) in [6, 6.07) is 8.17. The maximum absolute atomic E-state index is 12.8. The fraction of sp³-hybridized carbons (Fsp3) is 0.364. The number of aromatic nitrogens is 4. The molecule has 2 heterocycles. The summed E-state index contributed by atoms with van der Waals surface area (Å²) in [6.07, 6.45) is 8.66. The van der Waals surface area contributed by atoms with Gasteiger partial charge in [0, 0.05) is 24.5 Å². The number of H-pyrrole nitrogens is 1. The first-order valence-corrected chi connectivity index (χ1v) is 10.7. The second-order valence-corrected chi connectivity index (χ2v) is 8.32. The summed E-state index contributed by atoms with van der Waals surface area (Å²) in [5.41, 5.74) is 0.0122. The zero-order valence-corrected chi connectivity index (χ0v) is 17.7. The minimum atomic E-state index is -0.894. The van der Waals surface area contributed by atoms with Crippen molar-refractivity contribution in [2.45, 2.75) is 44.1 Å². The predicted molar refractivity (Wildman–Crippen MR) is 117 cm³/mol. The van der Waals surface area contributed by atoms with Gasteiger partial charge in [0.2, 0.25) is 0 Å². The van der Waals surface area contributed by atoms with Crippen LogP contribution >= 0.6 is 11.6 Å². The van der Waals surface area contributed by atoms with E-state index in [2.05, 4.69) is 20.4 Å². The predicted octanol–water partition coefficient (Wildman–Crippen LogP) is 3.09. The Morgan fingerprint density at radius 3 is 2.58 bits per heavy atom. The molecule has 0 saturated heterocycles. The lowest BCUT2D eigenvalue weighted by atomic mass is 9.94. The van der Waals surface area contributed by atoms with Crippen molar-refractivity contribution in [3.8, 4) is 17.1 Å². The molecule has 0 aliphatic heterocycles. The lowest BCUT2D eigenvalue weighted by Gasteiger charge is -2.26. The Morgan fingerprint density at radius 2 is 1.87 bits per heavy atom. The van der Waals surface area contributed by atoms with E-state index in [0.717, 1.165) is 31.2 Å². The summed E-state index contributed by atoms with van der Waals surface area (Å²) in [7, 11) is 0. The molecule has 0 spiro atoms. The normalized spacial score (nSPS) is 15.9. The van der Waals surface area contributed by atoms with E-state index in [9.17, 15) is 14.7 Å². The molecule has 3 N–H and O–H groups in total. The Kier molecular flexibility index (Phi) is 6.20. The number of carbonyl (C=O) groups excluding carboxylic acids is 1. The van der Waals surface area contributed by atoms with Gasteiger partial charge < -0.3 is 10.4 Å². The molecule has 1 aliphatic rings. The number of amides is 1. The largest absolute Gasteiger partial charge is 0.388 e. The lowest BCUT2D eigenvalue weighted by molar-refractivity contribution is 0.0246. The number of rotatable bonds is 5. The van der Waals surface area contributed by atoms with E-state index in [1.54, 1.807) is 36.7 Å². The van der Waals surface area contributed by atoms with Gasteiger partial charge in [0.25, 0.3) is 5.91 Å². The van der Waals surface area contributed by atoms with Crippen molar-refractivity contribution in [3.63, 3.8) is 0 Å². The van der Waals surface area contributed by atoms with Crippen LogP contribution in [0.15, 0.2) is 47.5 Å². The average Bonchev–Trinajstić information content (AvgIpc) is 3.03. The van der Waals surface area contributed by atoms with Crippen molar-refractivity contribution in [1.29, 1.82) is 0 Å². The number of benzene rings is 1. The minimum Gasteiger partial charge on any atom is -0.388 e. The molecule has 31 heavy (non-hydrogen) atoms. The van der Waals surface area contributed by atoms with Gasteiger partial charge in [-0.3, -0.25) is 14.8 Å². The highest BCUT2D eigenvalue weighted by Gasteiger charge is 2.28. The maximum Gasteiger partial charge on any atom is 0.348 e. The zero-order valence-electron chi connectivity index (χ0n) is 17.0. The smallest absolute Gasteiger partial charge is 0.348 e. The topological polar surface area (TPSA) is 113 Å². The summed E-state index contributed by atoms with van der Waals surface area (Å²) in [5.74, 6) is -0.00796. The number of halogens is 1. The Morgan fingerprint density at radius 1 is 1.16 bits per heavy atom. The van der Waals surface area contributed by atoms with E-state index in [0.29, 0.717) is 24.4 Å². The van der Waals surface area contributed by atoms with Crippen LogP contribution in [0.2, 0.25) is 5.02 Å². The molecule has 0 bridgehead atoms. The molecule has 0 unspecified atom stereocenters. The molecule has 4 rings (SSSR count). The molecule has 3 aromatic rings. The maximum atomic E-state index is 12.8. The van der Waals surface area contributed by atoms with Crippen molar-refractivity contribution in [1.82, 2.24) is 25.1 Å². The molecule has 1 aliphatic carbocycles. The zero-order chi connectivity index (χ0) is 21.8.